The summed E-state index contributed by atoms with van der Waals surface area (Å²) in [6.45, 7) is 2.84. The molecule has 1 aromatic carbocycles. The molecule has 2 saturated heterocycles. The van der Waals surface area contributed by atoms with Gasteiger partial charge in [-0.1, -0.05) is 12.1 Å². The Labute approximate surface area is 146 Å². The maximum absolute atomic E-state index is 13.0. The Balaban J connectivity index is 1.50. The fourth-order valence-electron chi connectivity index (χ4n) is 3.47. The van der Waals surface area contributed by atoms with E-state index in [9.17, 15) is 19.1 Å². The van der Waals surface area contributed by atoms with Gasteiger partial charge in [0.25, 0.3) is 0 Å². The van der Waals surface area contributed by atoms with Crippen LogP contribution in [-0.4, -0.2) is 66.0 Å². The molecule has 0 aliphatic carbocycles. The fraction of sp³-hybridized carbons (Fsp3) is 0.556. The number of nitrogens with zero attached hydrogens (tertiary/aromatic N) is 2. The number of likely N-dealkylation sites (tertiary alicyclic amines) is 1. The molecule has 2 aliphatic heterocycles. The summed E-state index contributed by atoms with van der Waals surface area (Å²) in [4.78, 5) is 27.5. The van der Waals surface area contributed by atoms with E-state index in [0.717, 1.165) is 0 Å². The molecule has 0 radical (unpaired) electrons. The lowest BCUT2D eigenvalue weighted by Crippen LogP contribution is -2.52. The van der Waals surface area contributed by atoms with E-state index in [1.165, 1.54) is 12.1 Å². The van der Waals surface area contributed by atoms with Crippen LogP contribution >= 0.6 is 0 Å². The van der Waals surface area contributed by atoms with Crippen molar-refractivity contribution in [3.63, 3.8) is 0 Å². The van der Waals surface area contributed by atoms with Gasteiger partial charge in [-0.15, -0.1) is 0 Å². The summed E-state index contributed by atoms with van der Waals surface area (Å²) in [5.41, 5.74) is 0.706. The van der Waals surface area contributed by atoms with Crippen molar-refractivity contribution < 1.29 is 19.1 Å². The van der Waals surface area contributed by atoms with E-state index in [4.69, 9.17) is 0 Å². The van der Waals surface area contributed by atoms with Gasteiger partial charge in [0.05, 0.1) is 19.2 Å². The second-order valence-corrected chi connectivity index (χ2v) is 6.71. The first-order valence-electron chi connectivity index (χ1n) is 8.74. The predicted molar refractivity (Wildman–Crippen MR) is 90.1 cm³/mol. The van der Waals surface area contributed by atoms with E-state index < -0.39 is 6.10 Å². The molecule has 0 spiro atoms. The largest absolute Gasteiger partial charge is 0.388 e. The number of aliphatic hydroxyl groups is 1. The summed E-state index contributed by atoms with van der Waals surface area (Å²) in [6, 6.07) is 5.91. The molecule has 6 nitrogen and oxygen atoms in total. The number of piperazine rings is 1. The molecule has 0 bridgehead atoms. The van der Waals surface area contributed by atoms with Crippen molar-refractivity contribution in [3.05, 3.63) is 35.6 Å². The molecular formula is C18H24FN3O3. The van der Waals surface area contributed by atoms with Crippen LogP contribution in [-0.2, 0) is 9.59 Å². The van der Waals surface area contributed by atoms with Crippen molar-refractivity contribution in [1.82, 2.24) is 15.1 Å². The molecule has 136 valence electrons. The lowest BCUT2D eigenvalue weighted by Gasteiger charge is -2.36. The summed E-state index contributed by atoms with van der Waals surface area (Å²) in [5, 5.41) is 13.5. The Kier molecular flexibility index (Phi) is 5.65. The van der Waals surface area contributed by atoms with Gasteiger partial charge in [-0.25, -0.2) is 4.39 Å². The highest BCUT2D eigenvalue weighted by Crippen LogP contribution is 2.30. The van der Waals surface area contributed by atoms with Crippen LogP contribution in [0.4, 0.5) is 4.39 Å². The average molecular weight is 349 g/mol. The third-order valence-electron chi connectivity index (χ3n) is 5.06. The fourth-order valence-corrected chi connectivity index (χ4v) is 3.47. The second kappa shape index (κ2) is 7.93. The summed E-state index contributed by atoms with van der Waals surface area (Å²) in [6.07, 6.45) is 0.743. The van der Waals surface area contributed by atoms with Crippen molar-refractivity contribution in [2.24, 2.45) is 5.92 Å². The number of piperidine rings is 1. The molecule has 2 aliphatic rings. The molecule has 25 heavy (non-hydrogen) atoms. The van der Waals surface area contributed by atoms with E-state index in [1.54, 1.807) is 21.9 Å². The molecule has 2 heterocycles. The number of amides is 2. The van der Waals surface area contributed by atoms with Crippen LogP contribution in [0.15, 0.2) is 24.3 Å². The zero-order valence-electron chi connectivity index (χ0n) is 14.2. The van der Waals surface area contributed by atoms with Gasteiger partial charge in [0.15, 0.2) is 0 Å². The highest BCUT2D eigenvalue weighted by Gasteiger charge is 2.30. The van der Waals surface area contributed by atoms with Gasteiger partial charge in [-0.3, -0.25) is 9.59 Å². The molecule has 3 rings (SSSR count). The highest BCUT2D eigenvalue weighted by atomic mass is 19.1. The monoisotopic (exact) mass is 349 g/mol. The highest BCUT2D eigenvalue weighted by molar-refractivity contribution is 5.86. The Hall–Kier alpha value is -1.99. The van der Waals surface area contributed by atoms with Crippen molar-refractivity contribution in [2.75, 3.05) is 39.3 Å². The summed E-state index contributed by atoms with van der Waals surface area (Å²) in [7, 11) is 0. The Morgan fingerprint density at radius 1 is 1.24 bits per heavy atom. The van der Waals surface area contributed by atoms with Crippen LogP contribution in [0.1, 0.15) is 24.5 Å². The van der Waals surface area contributed by atoms with Gasteiger partial charge in [-0.05, 0) is 36.5 Å². The molecule has 0 saturated carbocycles. The smallest absolute Gasteiger partial charge is 0.242 e. The lowest BCUT2D eigenvalue weighted by atomic mass is 9.87. The average Bonchev–Trinajstić information content (AvgIpc) is 2.64. The van der Waals surface area contributed by atoms with Crippen LogP contribution in [0.25, 0.3) is 0 Å². The number of benzene rings is 1. The Morgan fingerprint density at radius 3 is 2.56 bits per heavy atom. The van der Waals surface area contributed by atoms with Crippen LogP contribution in [0.5, 0.6) is 0 Å². The first kappa shape index (κ1) is 17.8. The van der Waals surface area contributed by atoms with E-state index in [2.05, 4.69) is 5.32 Å². The summed E-state index contributed by atoms with van der Waals surface area (Å²) < 4.78 is 13.0. The van der Waals surface area contributed by atoms with E-state index in [1.807, 2.05) is 0 Å². The quantitative estimate of drug-likeness (QED) is 0.832. The number of hydrogen-bond acceptors (Lipinski definition) is 4. The van der Waals surface area contributed by atoms with Crippen molar-refractivity contribution in [3.8, 4) is 0 Å². The van der Waals surface area contributed by atoms with E-state index in [0.29, 0.717) is 51.1 Å². The predicted octanol–water partition coefficient (Wildman–Crippen LogP) is 0.530. The van der Waals surface area contributed by atoms with Gasteiger partial charge >= 0.3 is 0 Å². The number of halogens is 1. The SMILES string of the molecule is O=C(CN1CCNCC1=O)N1CCC([C@H](O)c2ccc(F)cc2)CC1. The van der Waals surface area contributed by atoms with Crippen LogP contribution in [0.3, 0.4) is 0 Å². The van der Waals surface area contributed by atoms with E-state index in [-0.39, 0.29) is 30.1 Å². The third kappa shape index (κ3) is 4.35. The van der Waals surface area contributed by atoms with Gasteiger partial charge in [0, 0.05) is 26.2 Å². The first-order valence-corrected chi connectivity index (χ1v) is 8.74. The number of hydrogen-bond donors (Lipinski definition) is 2. The Bertz CT molecular complexity index is 614. The second-order valence-electron chi connectivity index (χ2n) is 6.71. The van der Waals surface area contributed by atoms with E-state index >= 15 is 0 Å². The number of carbonyl (C=O) groups is 2. The first-order chi connectivity index (χ1) is 12.0. The molecule has 0 aromatic heterocycles. The summed E-state index contributed by atoms with van der Waals surface area (Å²) in [5.74, 6) is -0.347. The van der Waals surface area contributed by atoms with Crippen LogP contribution in [0.2, 0.25) is 0 Å². The van der Waals surface area contributed by atoms with Crippen LogP contribution in [0, 0.1) is 11.7 Å². The molecule has 7 heteroatoms. The zero-order chi connectivity index (χ0) is 17.8. The maximum atomic E-state index is 13.0. The standard InChI is InChI=1S/C18H24FN3O3/c19-15-3-1-13(2-4-15)18(25)14-5-8-21(9-6-14)17(24)12-22-10-7-20-11-16(22)23/h1-4,14,18,20,25H,5-12H2/t18-/m1/s1. The number of carbonyl (C=O) groups excluding carboxylic acids is 2. The molecule has 2 fully saturated rings. The molecular weight excluding hydrogens is 325 g/mol. The normalized spacial score (nSPS) is 20.6. The topological polar surface area (TPSA) is 72.9 Å². The van der Waals surface area contributed by atoms with Crippen molar-refractivity contribution in [2.45, 2.75) is 18.9 Å². The minimum Gasteiger partial charge on any atom is -0.388 e. The minimum absolute atomic E-state index is 0.0371. The lowest BCUT2D eigenvalue weighted by molar-refractivity contribution is -0.142. The number of rotatable bonds is 4. The molecule has 1 atom stereocenters. The number of nitrogens with one attached hydrogen (secondary N) is 1. The molecule has 2 amide bonds. The molecule has 2 N–H and O–H groups in total. The third-order valence-corrected chi connectivity index (χ3v) is 5.06. The van der Waals surface area contributed by atoms with Crippen molar-refractivity contribution in [1.29, 1.82) is 0 Å². The van der Waals surface area contributed by atoms with Gasteiger partial charge in [0.1, 0.15) is 5.82 Å². The summed E-state index contributed by atoms with van der Waals surface area (Å²) >= 11 is 0. The maximum Gasteiger partial charge on any atom is 0.242 e. The van der Waals surface area contributed by atoms with Crippen molar-refractivity contribution >= 4 is 11.8 Å². The Morgan fingerprint density at radius 2 is 1.92 bits per heavy atom. The molecule has 1 aromatic rings. The minimum atomic E-state index is -0.646. The van der Waals surface area contributed by atoms with Gasteiger partial charge < -0.3 is 20.2 Å². The van der Waals surface area contributed by atoms with Crippen LogP contribution < -0.4 is 5.32 Å². The zero-order valence-corrected chi connectivity index (χ0v) is 14.2. The van der Waals surface area contributed by atoms with Gasteiger partial charge in [-0.2, -0.15) is 0 Å². The van der Waals surface area contributed by atoms with Gasteiger partial charge in [0.2, 0.25) is 11.8 Å². The molecule has 0 unspecified atom stereocenters. The number of aliphatic hydroxyl groups excluding tert-OH is 1.